The van der Waals surface area contributed by atoms with Crippen LogP contribution in [0.15, 0.2) is 78.0 Å². The molecule has 0 aliphatic rings. The van der Waals surface area contributed by atoms with E-state index in [9.17, 15) is 9.90 Å². The van der Waals surface area contributed by atoms with Gasteiger partial charge < -0.3 is 14.4 Å². The number of hydrogen-bond donors (Lipinski definition) is 1. The Kier molecular flexibility index (Phi) is 8.99. The quantitative estimate of drug-likeness (QED) is 0.150. The minimum Gasteiger partial charge on any atom is -0.493 e. The van der Waals surface area contributed by atoms with Crippen LogP contribution in [-0.2, 0) is 24.2 Å². The summed E-state index contributed by atoms with van der Waals surface area (Å²) in [5, 5.41) is 12.2. The van der Waals surface area contributed by atoms with E-state index in [1.807, 2.05) is 30.5 Å². The molecule has 0 spiro atoms. The lowest BCUT2D eigenvalue weighted by molar-refractivity contribution is -0.146. The number of fused-ring (bicyclic) bond motifs is 1. The predicted octanol–water partition coefficient (Wildman–Crippen LogP) is 8.68. The molecule has 0 saturated heterocycles. The van der Waals surface area contributed by atoms with Crippen molar-refractivity contribution in [2.75, 3.05) is 6.61 Å². The van der Waals surface area contributed by atoms with E-state index in [0.29, 0.717) is 19.6 Å². The number of aryl methyl sites for hydroxylation is 1. The number of thioether (sulfide) groups is 1. The average Bonchev–Trinajstić information content (AvgIpc) is 3.50. The van der Waals surface area contributed by atoms with E-state index in [4.69, 9.17) is 4.74 Å². The van der Waals surface area contributed by atoms with Crippen LogP contribution in [0.25, 0.3) is 21.5 Å². The molecule has 3 heterocycles. The lowest BCUT2D eigenvalue weighted by atomic mass is 9.88. The van der Waals surface area contributed by atoms with Crippen molar-refractivity contribution in [2.45, 2.75) is 70.6 Å². The highest BCUT2D eigenvalue weighted by atomic mass is 32.2. The number of carboxylic acids is 1. The Balaban J connectivity index is 1.55. The van der Waals surface area contributed by atoms with E-state index >= 15 is 0 Å². The molecule has 6 nitrogen and oxygen atoms in total. The van der Waals surface area contributed by atoms with Crippen molar-refractivity contribution >= 4 is 40.0 Å². The van der Waals surface area contributed by atoms with Gasteiger partial charge in [-0.3, -0.25) is 9.78 Å². The van der Waals surface area contributed by atoms with Gasteiger partial charge in [0.25, 0.3) is 0 Å². The van der Waals surface area contributed by atoms with E-state index in [0.717, 1.165) is 55.5 Å². The van der Waals surface area contributed by atoms with E-state index in [1.54, 1.807) is 43.1 Å². The molecule has 5 aromatic rings. The van der Waals surface area contributed by atoms with Gasteiger partial charge >= 0.3 is 5.97 Å². The Morgan fingerprint density at radius 2 is 1.79 bits per heavy atom. The molecule has 5 rings (SSSR count). The molecular weight excluding hydrogens is 575 g/mol. The number of carbonyl (C=O) groups is 1. The molecule has 43 heavy (non-hydrogen) atoms. The van der Waals surface area contributed by atoms with Crippen molar-refractivity contribution in [1.82, 2.24) is 14.5 Å². The highest BCUT2D eigenvalue weighted by Gasteiger charge is 2.33. The number of rotatable bonds is 11. The number of carboxylic acid groups (broad SMARTS) is 1. The molecule has 0 bridgehead atoms. The topological polar surface area (TPSA) is 77.2 Å². The minimum absolute atomic E-state index is 0.0788. The van der Waals surface area contributed by atoms with Crippen LogP contribution >= 0.6 is 23.1 Å². The summed E-state index contributed by atoms with van der Waals surface area (Å²) in [7, 11) is 0. The van der Waals surface area contributed by atoms with Crippen LogP contribution in [0.2, 0.25) is 0 Å². The van der Waals surface area contributed by atoms with Gasteiger partial charge in [0.15, 0.2) is 0 Å². The molecule has 0 radical (unpaired) electrons. The summed E-state index contributed by atoms with van der Waals surface area (Å²) < 4.78 is 8.43. The van der Waals surface area contributed by atoms with Crippen LogP contribution in [0, 0.1) is 12.3 Å². The van der Waals surface area contributed by atoms with Gasteiger partial charge in [0.2, 0.25) is 0 Å². The van der Waals surface area contributed by atoms with Crippen molar-refractivity contribution < 1.29 is 14.6 Å². The van der Waals surface area contributed by atoms with Gasteiger partial charge in [0.1, 0.15) is 10.8 Å². The first-order chi connectivity index (χ1) is 20.4. The number of aliphatic carboxylic acids is 1. The molecule has 8 heteroatoms. The maximum Gasteiger partial charge on any atom is 0.309 e. The fourth-order valence-electron chi connectivity index (χ4n) is 4.96. The van der Waals surface area contributed by atoms with Crippen molar-refractivity contribution in [3.63, 3.8) is 0 Å². The van der Waals surface area contributed by atoms with Crippen LogP contribution in [-0.4, -0.2) is 37.0 Å². The normalized spacial score (nSPS) is 12.1. The molecule has 3 aromatic heterocycles. The third kappa shape index (κ3) is 7.48. The van der Waals surface area contributed by atoms with Crippen LogP contribution in [0.1, 0.15) is 56.4 Å². The molecule has 0 fully saturated rings. The van der Waals surface area contributed by atoms with E-state index < -0.39 is 11.4 Å². The monoisotopic (exact) mass is 613 g/mol. The molecule has 0 aliphatic heterocycles. The van der Waals surface area contributed by atoms with Gasteiger partial charge in [-0.15, -0.1) is 23.1 Å². The molecule has 0 aliphatic carbocycles. The van der Waals surface area contributed by atoms with Gasteiger partial charge in [-0.2, -0.15) is 0 Å². The lowest BCUT2D eigenvalue weighted by Crippen LogP contribution is -2.28. The van der Waals surface area contributed by atoms with E-state index in [-0.39, 0.29) is 4.75 Å². The maximum atomic E-state index is 12.3. The lowest BCUT2D eigenvalue weighted by Gasteiger charge is -2.24. The number of thiazole rings is 1. The summed E-state index contributed by atoms with van der Waals surface area (Å²) in [5.41, 5.74) is 4.41. The summed E-state index contributed by atoms with van der Waals surface area (Å²) >= 11 is 3.47. The van der Waals surface area contributed by atoms with Crippen LogP contribution in [0.3, 0.4) is 0 Å². The molecule has 0 saturated carbocycles. The third-order valence-corrected chi connectivity index (χ3v) is 9.44. The molecule has 1 N–H and O–H groups in total. The van der Waals surface area contributed by atoms with Gasteiger partial charge in [-0.05, 0) is 56.7 Å². The second-order valence-electron chi connectivity index (χ2n) is 12.5. The third-order valence-electron chi connectivity index (χ3n) is 7.20. The van der Waals surface area contributed by atoms with Crippen LogP contribution in [0.4, 0.5) is 0 Å². The smallest absolute Gasteiger partial charge is 0.309 e. The first kappa shape index (κ1) is 30.8. The zero-order valence-corrected chi connectivity index (χ0v) is 27.3. The van der Waals surface area contributed by atoms with Crippen molar-refractivity contribution in [2.24, 2.45) is 5.41 Å². The summed E-state index contributed by atoms with van der Waals surface area (Å²) in [4.78, 5) is 23.6. The van der Waals surface area contributed by atoms with Gasteiger partial charge in [0, 0.05) is 74.2 Å². The zero-order valence-electron chi connectivity index (χ0n) is 25.7. The molecular formula is C35H39N3O3S2. The first-order valence-corrected chi connectivity index (χ1v) is 16.1. The summed E-state index contributed by atoms with van der Waals surface area (Å²) in [6.45, 7) is 13.4. The summed E-state index contributed by atoms with van der Waals surface area (Å²) in [6, 6.07) is 20.7. The van der Waals surface area contributed by atoms with Gasteiger partial charge in [0.05, 0.1) is 12.0 Å². The van der Waals surface area contributed by atoms with Crippen molar-refractivity contribution in [1.29, 1.82) is 0 Å². The maximum absolute atomic E-state index is 12.3. The number of hydrogen-bond acceptors (Lipinski definition) is 6. The second kappa shape index (κ2) is 12.5. The van der Waals surface area contributed by atoms with E-state index in [1.165, 1.54) is 4.88 Å². The SMILES string of the molecule is Cc1cnc(-c2ccc(Cn3c(CC(C)(C)C(=O)O)c(SC(C)(C)C)c4cc(OCCc5ccccn5)ccc43)cc2)s1. The van der Waals surface area contributed by atoms with Gasteiger partial charge in [-0.25, -0.2) is 4.98 Å². The van der Waals surface area contributed by atoms with Crippen molar-refractivity contribution in [3.05, 3.63) is 94.9 Å². The Bertz CT molecular complexity index is 1720. The summed E-state index contributed by atoms with van der Waals surface area (Å²) in [6.07, 6.45) is 4.83. The molecule has 0 atom stereocenters. The van der Waals surface area contributed by atoms with Gasteiger partial charge in [-0.1, -0.05) is 51.1 Å². The number of aromatic nitrogens is 3. The second-order valence-corrected chi connectivity index (χ2v) is 15.6. The average molecular weight is 614 g/mol. The molecule has 0 amide bonds. The Morgan fingerprint density at radius 3 is 2.42 bits per heavy atom. The Hall–Kier alpha value is -3.62. The highest BCUT2D eigenvalue weighted by Crippen LogP contribution is 2.44. The Morgan fingerprint density at radius 1 is 1.02 bits per heavy atom. The zero-order chi connectivity index (χ0) is 30.8. The minimum atomic E-state index is -0.937. The molecule has 224 valence electrons. The summed E-state index contributed by atoms with van der Waals surface area (Å²) in [5.74, 6) is -0.0128. The first-order valence-electron chi connectivity index (χ1n) is 14.5. The van der Waals surface area contributed by atoms with Crippen LogP contribution in [0.5, 0.6) is 5.75 Å². The fraction of sp³-hybridized carbons (Fsp3) is 0.343. The number of ether oxygens (including phenoxy) is 1. The predicted molar refractivity (Wildman–Crippen MR) is 177 cm³/mol. The van der Waals surface area contributed by atoms with Crippen LogP contribution < -0.4 is 4.74 Å². The highest BCUT2D eigenvalue weighted by molar-refractivity contribution is 8.00. The molecule has 0 unspecified atom stereocenters. The fourth-order valence-corrected chi connectivity index (χ4v) is 6.91. The number of nitrogens with zero attached hydrogens (tertiary/aromatic N) is 3. The number of pyridine rings is 1. The van der Waals surface area contributed by atoms with E-state index in [2.05, 4.69) is 78.6 Å². The number of benzene rings is 2. The Labute approximate surface area is 262 Å². The largest absolute Gasteiger partial charge is 0.493 e. The standard InChI is InChI=1S/C35H39N3O3S2/c1-23-21-37-32(42-23)25-12-10-24(11-13-25)22-38-29-15-14-27(41-18-16-26-9-7-8-17-36-26)19-28(29)31(43-34(2,3)4)30(38)20-35(5,6)33(39)40/h7-15,17,19,21H,16,18,20,22H2,1-6H3,(H,39,40). The molecule has 2 aromatic carbocycles. The van der Waals surface area contributed by atoms with Crippen molar-refractivity contribution in [3.8, 4) is 16.3 Å².